The van der Waals surface area contributed by atoms with Gasteiger partial charge in [0.25, 0.3) is 5.91 Å². The van der Waals surface area contributed by atoms with Crippen LogP contribution in [-0.2, 0) is 9.53 Å². The fourth-order valence-electron chi connectivity index (χ4n) is 1.83. The minimum Gasteiger partial charge on any atom is -0.497 e. The molecule has 22 heavy (non-hydrogen) atoms. The van der Waals surface area contributed by atoms with Crippen LogP contribution in [0.1, 0.15) is 29.1 Å². The zero-order valence-corrected chi connectivity index (χ0v) is 12.4. The first-order valence-corrected chi connectivity index (χ1v) is 6.74. The lowest BCUT2D eigenvalue weighted by molar-refractivity contribution is -0.125. The Kier molecular flexibility index (Phi) is 5.19. The smallest absolute Gasteiger partial charge is 0.338 e. The Bertz CT molecular complexity index is 618. The highest BCUT2D eigenvalue weighted by molar-refractivity contribution is 5.91. The number of esters is 1. The average molecular weight is 303 g/mol. The second-order valence-corrected chi connectivity index (χ2v) is 4.61. The van der Waals surface area contributed by atoms with Crippen molar-refractivity contribution in [3.63, 3.8) is 0 Å². The molecule has 1 atom stereocenters. The van der Waals surface area contributed by atoms with Crippen LogP contribution in [0.25, 0.3) is 0 Å². The summed E-state index contributed by atoms with van der Waals surface area (Å²) in [6.07, 6.45) is 1.53. The highest BCUT2D eigenvalue weighted by Gasteiger charge is 2.14. The van der Waals surface area contributed by atoms with Gasteiger partial charge in [-0.05, 0) is 43.3 Å². The van der Waals surface area contributed by atoms with Crippen LogP contribution >= 0.6 is 0 Å². The second-order valence-electron chi connectivity index (χ2n) is 4.61. The van der Waals surface area contributed by atoms with Gasteiger partial charge in [-0.15, -0.1) is 0 Å². The molecule has 0 fully saturated rings. The minimum absolute atomic E-state index is 0.290. The molecule has 0 aliphatic rings. The number of benzene rings is 1. The van der Waals surface area contributed by atoms with Gasteiger partial charge in [0.2, 0.25) is 0 Å². The molecule has 0 spiro atoms. The molecular formula is C16H17NO5. The van der Waals surface area contributed by atoms with Gasteiger partial charge >= 0.3 is 5.97 Å². The summed E-state index contributed by atoms with van der Waals surface area (Å²) in [7, 11) is 1.54. The van der Waals surface area contributed by atoms with Crippen molar-refractivity contribution in [3.8, 4) is 5.75 Å². The molecule has 6 nitrogen and oxygen atoms in total. The lowest BCUT2D eigenvalue weighted by Gasteiger charge is -2.11. The standard InChI is InChI=1S/C16H17NO5/c1-11(14-4-3-9-21-14)17-15(18)10-22-16(19)12-5-7-13(20-2)8-6-12/h3-9,11H,10H2,1-2H3,(H,17,18)/t11-/m0/s1. The summed E-state index contributed by atoms with van der Waals surface area (Å²) < 4.78 is 15.1. The van der Waals surface area contributed by atoms with Crippen LogP contribution in [-0.4, -0.2) is 25.6 Å². The van der Waals surface area contributed by atoms with Crippen molar-refractivity contribution in [2.45, 2.75) is 13.0 Å². The van der Waals surface area contributed by atoms with Crippen LogP contribution in [0.5, 0.6) is 5.75 Å². The Morgan fingerprint density at radius 2 is 1.95 bits per heavy atom. The van der Waals surface area contributed by atoms with E-state index in [1.165, 1.54) is 13.4 Å². The third-order valence-corrected chi connectivity index (χ3v) is 3.01. The normalized spacial score (nSPS) is 11.5. The third kappa shape index (κ3) is 4.12. The van der Waals surface area contributed by atoms with E-state index in [1.807, 2.05) is 0 Å². The fraction of sp³-hybridized carbons (Fsp3) is 0.250. The maximum Gasteiger partial charge on any atom is 0.338 e. The van der Waals surface area contributed by atoms with Crippen LogP contribution in [0.4, 0.5) is 0 Å². The SMILES string of the molecule is COc1ccc(C(=O)OCC(=O)N[C@@H](C)c2ccco2)cc1. The highest BCUT2D eigenvalue weighted by atomic mass is 16.5. The predicted molar refractivity (Wildman–Crippen MR) is 78.5 cm³/mol. The third-order valence-electron chi connectivity index (χ3n) is 3.01. The Morgan fingerprint density at radius 3 is 2.55 bits per heavy atom. The number of ether oxygens (including phenoxy) is 2. The van der Waals surface area contributed by atoms with Crippen LogP contribution in [0, 0.1) is 0 Å². The molecule has 1 heterocycles. The predicted octanol–water partition coefficient (Wildman–Crippen LogP) is 2.32. The quantitative estimate of drug-likeness (QED) is 0.829. The van der Waals surface area contributed by atoms with E-state index in [1.54, 1.807) is 43.3 Å². The summed E-state index contributed by atoms with van der Waals surface area (Å²) in [4.78, 5) is 23.5. The number of hydrogen-bond donors (Lipinski definition) is 1. The minimum atomic E-state index is -0.566. The number of methoxy groups -OCH3 is 1. The van der Waals surface area contributed by atoms with Gasteiger partial charge in [-0.25, -0.2) is 4.79 Å². The van der Waals surface area contributed by atoms with Crippen molar-refractivity contribution in [1.29, 1.82) is 0 Å². The molecule has 1 amide bonds. The van der Waals surface area contributed by atoms with Gasteiger partial charge in [-0.3, -0.25) is 4.79 Å². The van der Waals surface area contributed by atoms with Gasteiger partial charge in [-0.2, -0.15) is 0 Å². The Hall–Kier alpha value is -2.76. The molecule has 6 heteroatoms. The molecule has 0 aliphatic carbocycles. The molecule has 0 saturated carbocycles. The summed E-state index contributed by atoms with van der Waals surface area (Å²) >= 11 is 0. The molecule has 0 unspecified atom stereocenters. The summed E-state index contributed by atoms with van der Waals surface area (Å²) in [5.74, 6) is 0.311. The first kappa shape index (κ1) is 15.6. The lowest BCUT2D eigenvalue weighted by atomic mass is 10.2. The maximum atomic E-state index is 11.8. The van der Waals surface area contributed by atoms with Crippen LogP contribution < -0.4 is 10.1 Å². The molecule has 0 saturated heterocycles. The van der Waals surface area contributed by atoms with Gasteiger partial charge < -0.3 is 19.2 Å². The van der Waals surface area contributed by atoms with Crippen molar-refractivity contribution in [3.05, 3.63) is 54.0 Å². The molecule has 0 bridgehead atoms. The topological polar surface area (TPSA) is 77.8 Å². The average Bonchev–Trinajstić information content (AvgIpc) is 3.07. The molecule has 2 aromatic rings. The second kappa shape index (κ2) is 7.31. The summed E-state index contributed by atoms with van der Waals surface area (Å²) in [6, 6.07) is 9.65. The fourth-order valence-corrected chi connectivity index (χ4v) is 1.83. The monoisotopic (exact) mass is 303 g/mol. The number of nitrogens with one attached hydrogen (secondary N) is 1. The molecular weight excluding hydrogens is 286 g/mol. The lowest BCUT2D eigenvalue weighted by Crippen LogP contribution is -2.30. The van der Waals surface area contributed by atoms with Gasteiger partial charge in [0.15, 0.2) is 6.61 Å². The number of rotatable bonds is 6. The van der Waals surface area contributed by atoms with E-state index in [2.05, 4.69) is 5.32 Å². The summed E-state index contributed by atoms with van der Waals surface area (Å²) in [5.41, 5.74) is 0.354. The van der Waals surface area contributed by atoms with Crippen molar-refractivity contribution >= 4 is 11.9 Å². The first-order chi connectivity index (χ1) is 10.6. The number of carbonyl (C=O) groups is 2. The van der Waals surface area contributed by atoms with Gasteiger partial charge in [-0.1, -0.05) is 0 Å². The van der Waals surface area contributed by atoms with Crippen molar-refractivity contribution in [1.82, 2.24) is 5.32 Å². The van der Waals surface area contributed by atoms with Crippen LogP contribution in [0.15, 0.2) is 47.1 Å². The van der Waals surface area contributed by atoms with Crippen LogP contribution in [0.3, 0.4) is 0 Å². The van der Waals surface area contributed by atoms with E-state index >= 15 is 0 Å². The summed E-state index contributed by atoms with van der Waals surface area (Å²) in [6.45, 7) is 1.43. The maximum absolute atomic E-state index is 11.8. The first-order valence-electron chi connectivity index (χ1n) is 6.74. The van der Waals surface area contributed by atoms with E-state index in [-0.39, 0.29) is 12.6 Å². The molecule has 1 N–H and O–H groups in total. The van der Waals surface area contributed by atoms with E-state index in [0.29, 0.717) is 17.1 Å². The zero-order valence-electron chi connectivity index (χ0n) is 12.4. The number of carbonyl (C=O) groups excluding carboxylic acids is 2. The van der Waals surface area contributed by atoms with Crippen molar-refractivity contribution in [2.24, 2.45) is 0 Å². The largest absolute Gasteiger partial charge is 0.497 e. The van der Waals surface area contributed by atoms with Crippen molar-refractivity contribution < 1.29 is 23.5 Å². The zero-order chi connectivity index (χ0) is 15.9. The molecule has 0 aliphatic heterocycles. The number of furan rings is 1. The number of amides is 1. The van der Waals surface area contributed by atoms with E-state index < -0.39 is 11.9 Å². The van der Waals surface area contributed by atoms with E-state index in [0.717, 1.165) is 0 Å². The molecule has 2 rings (SSSR count). The molecule has 1 aromatic heterocycles. The highest BCUT2D eigenvalue weighted by Crippen LogP contribution is 2.13. The summed E-state index contributed by atoms with van der Waals surface area (Å²) in [5, 5.41) is 2.68. The van der Waals surface area contributed by atoms with Gasteiger partial charge in [0.05, 0.1) is 25.0 Å². The van der Waals surface area contributed by atoms with Gasteiger partial charge in [0.1, 0.15) is 11.5 Å². The molecule has 0 radical (unpaired) electrons. The van der Waals surface area contributed by atoms with Crippen LogP contribution in [0.2, 0.25) is 0 Å². The Labute approximate surface area is 128 Å². The Morgan fingerprint density at radius 1 is 1.23 bits per heavy atom. The van der Waals surface area contributed by atoms with E-state index in [4.69, 9.17) is 13.9 Å². The van der Waals surface area contributed by atoms with Crippen molar-refractivity contribution in [2.75, 3.05) is 13.7 Å². The number of hydrogen-bond acceptors (Lipinski definition) is 5. The Balaban J connectivity index is 1.81. The van der Waals surface area contributed by atoms with E-state index in [9.17, 15) is 9.59 Å². The molecule has 1 aromatic carbocycles. The molecule has 116 valence electrons. The van der Waals surface area contributed by atoms with Gasteiger partial charge in [0, 0.05) is 0 Å².